The fourth-order valence-electron chi connectivity index (χ4n) is 4.23. The molecule has 0 saturated carbocycles. The molecular weight excluding hydrogens is 428 g/mol. The summed E-state index contributed by atoms with van der Waals surface area (Å²) >= 11 is 0. The summed E-state index contributed by atoms with van der Waals surface area (Å²) in [4.78, 5) is 26.7. The maximum absolute atomic E-state index is 13.0. The largest absolute Gasteiger partial charge is 0.324 e. The van der Waals surface area contributed by atoms with Gasteiger partial charge in [-0.25, -0.2) is 8.42 Å². The Morgan fingerprint density at radius 2 is 1.72 bits per heavy atom. The zero-order valence-electron chi connectivity index (χ0n) is 17.5. The normalized spacial score (nSPS) is 17.8. The van der Waals surface area contributed by atoms with Crippen LogP contribution in [0.15, 0.2) is 53.4 Å². The molecule has 9 heteroatoms. The van der Waals surface area contributed by atoms with E-state index in [1.165, 1.54) is 16.4 Å². The lowest BCUT2D eigenvalue weighted by molar-refractivity contribution is -0.121. The Morgan fingerprint density at radius 1 is 1.03 bits per heavy atom. The van der Waals surface area contributed by atoms with Crippen LogP contribution in [-0.4, -0.2) is 44.2 Å². The molecule has 0 aromatic heterocycles. The van der Waals surface area contributed by atoms with Gasteiger partial charge in [-0.1, -0.05) is 24.3 Å². The van der Waals surface area contributed by atoms with E-state index >= 15 is 0 Å². The van der Waals surface area contributed by atoms with Gasteiger partial charge in [0.1, 0.15) is 6.07 Å². The molecule has 2 aromatic carbocycles. The monoisotopic (exact) mass is 452 g/mol. The number of rotatable bonds is 5. The summed E-state index contributed by atoms with van der Waals surface area (Å²) in [6.07, 6.45) is 2.06. The lowest BCUT2D eigenvalue weighted by Gasteiger charge is -2.31. The fraction of sp³-hybridized carbons (Fsp3) is 0.348. The topological polar surface area (TPSA) is 111 Å². The number of benzene rings is 2. The molecule has 0 bridgehead atoms. The Labute approximate surface area is 187 Å². The van der Waals surface area contributed by atoms with Gasteiger partial charge in [0, 0.05) is 32.0 Å². The van der Waals surface area contributed by atoms with Crippen LogP contribution in [0.2, 0.25) is 0 Å². The molecule has 0 unspecified atom stereocenters. The second-order valence-electron chi connectivity index (χ2n) is 7.94. The molecule has 32 heavy (non-hydrogen) atoms. The number of hydrogen-bond acceptors (Lipinski definition) is 5. The van der Waals surface area contributed by atoms with Crippen molar-refractivity contribution in [2.45, 2.75) is 30.6 Å². The van der Waals surface area contributed by atoms with Crippen molar-refractivity contribution in [1.29, 1.82) is 5.26 Å². The summed E-state index contributed by atoms with van der Waals surface area (Å²) in [5.41, 5.74) is 1.39. The molecule has 2 amide bonds. The van der Waals surface area contributed by atoms with Crippen LogP contribution >= 0.6 is 0 Å². The Hall–Kier alpha value is -3.22. The number of hydrogen-bond donors (Lipinski definition) is 1. The molecule has 0 aliphatic carbocycles. The fourth-order valence-corrected chi connectivity index (χ4v) is 5.85. The average Bonchev–Trinajstić information content (AvgIpc) is 3.25. The molecule has 166 valence electrons. The molecule has 8 nitrogen and oxygen atoms in total. The molecule has 2 aliphatic heterocycles. The first kappa shape index (κ1) is 22.0. The number of sulfonamides is 1. The van der Waals surface area contributed by atoms with Gasteiger partial charge >= 0.3 is 0 Å². The summed E-state index contributed by atoms with van der Waals surface area (Å²) in [5.74, 6) is -0.476. The van der Waals surface area contributed by atoms with E-state index in [9.17, 15) is 23.3 Å². The number of piperidine rings is 1. The summed E-state index contributed by atoms with van der Waals surface area (Å²) in [5, 5.41) is 12.2. The second kappa shape index (κ2) is 9.10. The van der Waals surface area contributed by atoms with Gasteiger partial charge < -0.3 is 10.2 Å². The summed E-state index contributed by atoms with van der Waals surface area (Å²) in [6.45, 7) is 1.03. The van der Waals surface area contributed by atoms with Crippen LogP contribution in [0.5, 0.6) is 0 Å². The van der Waals surface area contributed by atoms with Crippen LogP contribution in [-0.2, 0) is 19.6 Å². The Balaban J connectivity index is 1.43. The van der Waals surface area contributed by atoms with Gasteiger partial charge in [0.05, 0.1) is 21.8 Å². The van der Waals surface area contributed by atoms with Gasteiger partial charge in [-0.15, -0.1) is 0 Å². The number of nitrogens with one attached hydrogen (secondary N) is 1. The van der Waals surface area contributed by atoms with E-state index in [0.29, 0.717) is 37.2 Å². The molecule has 2 fully saturated rings. The average molecular weight is 453 g/mol. The van der Waals surface area contributed by atoms with Crippen LogP contribution < -0.4 is 10.2 Å². The quantitative estimate of drug-likeness (QED) is 0.750. The molecule has 0 radical (unpaired) electrons. The first-order valence-electron chi connectivity index (χ1n) is 10.6. The number of para-hydroxylation sites is 2. The minimum absolute atomic E-state index is 0.00499. The second-order valence-corrected chi connectivity index (χ2v) is 9.85. The van der Waals surface area contributed by atoms with E-state index < -0.39 is 10.0 Å². The molecule has 1 N–H and O–H groups in total. The molecule has 4 rings (SSSR count). The predicted octanol–water partition coefficient (Wildman–Crippen LogP) is 2.72. The maximum atomic E-state index is 13.0. The SMILES string of the molecule is N#Cc1ccccc1S(=O)(=O)N1CCC(C(=O)Nc2ccccc2N2CCCC2=O)CC1. The minimum atomic E-state index is -3.80. The highest BCUT2D eigenvalue weighted by Crippen LogP contribution is 2.31. The van der Waals surface area contributed by atoms with Gasteiger partial charge in [0.15, 0.2) is 0 Å². The third kappa shape index (κ3) is 4.24. The predicted molar refractivity (Wildman–Crippen MR) is 119 cm³/mol. The number of nitrogens with zero attached hydrogens (tertiary/aromatic N) is 3. The standard InChI is InChI=1S/C23H24N4O4S/c24-16-18-6-1-4-9-21(18)32(30,31)26-14-11-17(12-15-26)23(29)25-19-7-2-3-8-20(19)27-13-5-10-22(27)28/h1-4,6-9,17H,5,10-15H2,(H,25,29). The lowest BCUT2D eigenvalue weighted by Crippen LogP contribution is -2.41. The summed E-state index contributed by atoms with van der Waals surface area (Å²) in [6, 6.07) is 15.3. The first-order chi connectivity index (χ1) is 15.4. The summed E-state index contributed by atoms with van der Waals surface area (Å²) < 4.78 is 27.3. The minimum Gasteiger partial charge on any atom is -0.324 e. The van der Waals surface area contributed by atoms with Crippen molar-refractivity contribution in [1.82, 2.24) is 4.31 Å². The number of carbonyl (C=O) groups is 2. The van der Waals surface area contributed by atoms with E-state index in [-0.39, 0.29) is 41.3 Å². The molecule has 2 saturated heterocycles. The van der Waals surface area contributed by atoms with E-state index in [1.54, 1.807) is 23.1 Å². The highest BCUT2D eigenvalue weighted by Gasteiger charge is 2.33. The lowest BCUT2D eigenvalue weighted by atomic mass is 9.97. The molecule has 0 atom stereocenters. The molecule has 2 aromatic rings. The van der Waals surface area contributed by atoms with Crippen molar-refractivity contribution >= 4 is 33.2 Å². The van der Waals surface area contributed by atoms with E-state index in [2.05, 4.69) is 5.32 Å². The number of carbonyl (C=O) groups excluding carboxylic acids is 2. The first-order valence-corrected chi connectivity index (χ1v) is 12.1. The van der Waals surface area contributed by atoms with E-state index in [1.807, 2.05) is 24.3 Å². The third-order valence-electron chi connectivity index (χ3n) is 5.98. The van der Waals surface area contributed by atoms with Crippen molar-refractivity contribution in [3.05, 3.63) is 54.1 Å². The maximum Gasteiger partial charge on any atom is 0.244 e. The van der Waals surface area contributed by atoms with Crippen molar-refractivity contribution in [2.24, 2.45) is 5.92 Å². The zero-order valence-corrected chi connectivity index (χ0v) is 18.3. The van der Waals surface area contributed by atoms with Crippen LogP contribution in [0.3, 0.4) is 0 Å². The van der Waals surface area contributed by atoms with Gasteiger partial charge in [0.2, 0.25) is 21.8 Å². The smallest absolute Gasteiger partial charge is 0.244 e. The zero-order chi connectivity index (χ0) is 22.7. The van der Waals surface area contributed by atoms with Gasteiger partial charge in [-0.05, 0) is 43.5 Å². The molecular formula is C23H24N4O4S. The van der Waals surface area contributed by atoms with Crippen molar-refractivity contribution in [3.63, 3.8) is 0 Å². The van der Waals surface area contributed by atoms with Crippen LogP contribution in [0.1, 0.15) is 31.2 Å². The highest BCUT2D eigenvalue weighted by atomic mass is 32.2. The Bertz CT molecular complexity index is 1180. The van der Waals surface area contributed by atoms with Gasteiger partial charge in [-0.2, -0.15) is 9.57 Å². The third-order valence-corrected chi connectivity index (χ3v) is 7.93. The molecule has 0 spiro atoms. The number of anilines is 2. The van der Waals surface area contributed by atoms with Gasteiger partial charge in [-0.3, -0.25) is 9.59 Å². The van der Waals surface area contributed by atoms with Crippen LogP contribution in [0.4, 0.5) is 11.4 Å². The van der Waals surface area contributed by atoms with E-state index in [0.717, 1.165) is 6.42 Å². The molecule has 2 heterocycles. The number of nitriles is 1. The molecule has 2 aliphatic rings. The van der Waals surface area contributed by atoms with E-state index in [4.69, 9.17) is 0 Å². The Kier molecular flexibility index (Phi) is 6.26. The van der Waals surface area contributed by atoms with Crippen molar-refractivity contribution < 1.29 is 18.0 Å². The Morgan fingerprint density at radius 3 is 2.41 bits per heavy atom. The van der Waals surface area contributed by atoms with Crippen molar-refractivity contribution in [2.75, 3.05) is 29.9 Å². The highest BCUT2D eigenvalue weighted by molar-refractivity contribution is 7.89. The number of amides is 2. The van der Waals surface area contributed by atoms with Crippen LogP contribution in [0, 0.1) is 17.2 Å². The van der Waals surface area contributed by atoms with Crippen molar-refractivity contribution in [3.8, 4) is 6.07 Å². The summed E-state index contributed by atoms with van der Waals surface area (Å²) in [7, 11) is -3.80. The van der Waals surface area contributed by atoms with Crippen LogP contribution in [0.25, 0.3) is 0 Å². The van der Waals surface area contributed by atoms with Gasteiger partial charge in [0.25, 0.3) is 0 Å².